The fraction of sp³-hybridized carbons (Fsp3) is 0.231. The number of nitrogens with one attached hydrogen (secondary N) is 2. The van der Waals surface area contributed by atoms with Crippen molar-refractivity contribution in [1.82, 2.24) is 10.3 Å². The fourth-order valence-electron chi connectivity index (χ4n) is 1.73. The number of carbonyl (C=O) groups excluding carboxylic acids is 1. The van der Waals surface area contributed by atoms with Crippen molar-refractivity contribution in [2.75, 3.05) is 6.54 Å². The van der Waals surface area contributed by atoms with Crippen molar-refractivity contribution >= 4 is 22.8 Å². The van der Waals surface area contributed by atoms with Gasteiger partial charge in [0.2, 0.25) is 0 Å². The zero-order chi connectivity index (χ0) is 13.0. The number of carboxylic acid groups (broad SMARTS) is 1. The standard InChI is InChI=1S/C13H14N2O3/c16-12(17)6-3-7-14-13(18)11-8-9-4-1-2-5-10(9)15-11/h1-2,4-5,8,15H,3,6-7H2,(H,14,18)(H,16,17). The van der Waals surface area contributed by atoms with E-state index in [1.54, 1.807) is 6.07 Å². The highest BCUT2D eigenvalue weighted by atomic mass is 16.4. The Balaban J connectivity index is 1.94. The van der Waals surface area contributed by atoms with Crippen molar-refractivity contribution in [3.8, 4) is 0 Å². The molecule has 1 aromatic carbocycles. The van der Waals surface area contributed by atoms with E-state index in [0.29, 0.717) is 18.7 Å². The van der Waals surface area contributed by atoms with Crippen molar-refractivity contribution < 1.29 is 14.7 Å². The molecule has 0 saturated carbocycles. The molecule has 3 N–H and O–H groups in total. The quantitative estimate of drug-likeness (QED) is 0.703. The molecule has 18 heavy (non-hydrogen) atoms. The van der Waals surface area contributed by atoms with Crippen LogP contribution < -0.4 is 5.32 Å². The van der Waals surface area contributed by atoms with Crippen molar-refractivity contribution in [3.05, 3.63) is 36.0 Å². The second-order valence-electron chi connectivity index (χ2n) is 4.02. The molecule has 0 unspecified atom stereocenters. The van der Waals surface area contributed by atoms with Gasteiger partial charge in [-0.15, -0.1) is 0 Å². The lowest BCUT2D eigenvalue weighted by atomic mass is 10.2. The van der Waals surface area contributed by atoms with Crippen LogP contribution in [0.2, 0.25) is 0 Å². The van der Waals surface area contributed by atoms with E-state index in [2.05, 4.69) is 10.3 Å². The minimum Gasteiger partial charge on any atom is -0.481 e. The van der Waals surface area contributed by atoms with E-state index < -0.39 is 5.97 Å². The Labute approximate surface area is 104 Å². The van der Waals surface area contributed by atoms with Crippen LogP contribution in [0.3, 0.4) is 0 Å². The summed E-state index contributed by atoms with van der Waals surface area (Å²) in [5, 5.41) is 12.1. The summed E-state index contributed by atoms with van der Waals surface area (Å²) in [6.45, 7) is 0.362. The molecule has 94 valence electrons. The minimum atomic E-state index is -0.852. The third-order valence-electron chi connectivity index (χ3n) is 2.63. The minimum absolute atomic E-state index is 0.0625. The summed E-state index contributed by atoms with van der Waals surface area (Å²) in [7, 11) is 0. The average molecular weight is 246 g/mol. The van der Waals surface area contributed by atoms with Gasteiger partial charge >= 0.3 is 5.97 Å². The summed E-state index contributed by atoms with van der Waals surface area (Å²) in [6, 6.07) is 9.41. The van der Waals surface area contributed by atoms with Gasteiger partial charge in [-0.1, -0.05) is 18.2 Å². The molecule has 2 rings (SSSR count). The van der Waals surface area contributed by atoms with Gasteiger partial charge in [0.05, 0.1) is 0 Å². The summed E-state index contributed by atoms with van der Waals surface area (Å²) in [5.41, 5.74) is 1.40. The Hall–Kier alpha value is -2.30. The van der Waals surface area contributed by atoms with E-state index in [1.807, 2.05) is 24.3 Å². The van der Waals surface area contributed by atoms with Crippen LogP contribution in [0.5, 0.6) is 0 Å². The number of H-pyrrole nitrogens is 1. The molecule has 0 saturated heterocycles. The largest absolute Gasteiger partial charge is 0.481 e. The first kappa shape index (κ1) is 12.2. The van der Waals surface area contributed by atoms with Crippen LogP contribution in [-0.2, 0) is 4.79 Å². The summed E-state index contributed by atoms with van der Waals surface area (Å²) < 4.78 is 0. The highest BCUT2D eigenvalue weighted by Gasteiger charge is 2.08. The lowest BCUT2D eigenvalue weighted by Gasteiger charge is -2.01. The molecule has 2 aromatic rings. The second kappa shape index (κ2) is 5.35. The number of benzene rings is 1. The smallest absolute Gasteiger partial charge is 0.303 e. The number of hydrogen-bond acceptors (Lipinski definition) is 2. The van der Waals surface area contributed by atoms with Crippen molar-refractivity contribution in [2.24, 2.45) is 0 Å². The second-order valence-corrected chi connectivity index (χ2v) is 4.02. The van der Waals surface area contributed by atoms with Gasteiger partial charge in [-0.25, -0.2) is 0 Å². The van der Waals surface area contributed by atoms with Crippen LogP contribution >= 0.6 is 0 Å². The maximum absolute atomic E-state index is 11.8. The van der Waals surface area contributed by atoms with Gasteiger partial charge < -0.3 is 15.4 Å². The number of hydrogen-bond donors (Lipinski definition) is 3. The van der Waals surface area contributed by atoms with Gasteiger partial charge in [0.15, 0.2) is 0 Å². The van der Waals surface area contributed by atoms with E-state index in [4.69, 9.17) is 5.11 Å². The van der Waals surface area contributed by atoms with Gasteiger partial charge in [0.1, 0.15) is 5.69 Å². The Morgan fingerprint density at radius 2 is 2.06 bits per heavy atom. The number of aliphatic carboxylic acids is 1. The molecule has 0 aliphatic rings. The first-order valence-electron chi connectivity index (χ1n) is 5.74. The third-order valence-corrected chi connectivity index (χ3v) is 2.63. The lowest BCUT2D eigenvalue weighted by molar-refractivity contribution is -0.137. The Morgan fingerprint density at radius 1 is 1.28 bits per heavy atom. The highest BCUT2D eigenvalue weighted by Crippen LogP contribution is 2.14. The third kappa shape index (κ3) is 2.88. The van der Waals surface area contributed by atoms with Crippen LogP contribution in [0, 0.1) is 0 Å². The number of rotatable bonds is 5. The van der Waals surface area contributed by atoms with Gasteiger partial charge in [-0.3, -0.25) is 9.59 Å². The average Bonchev–Trinajstić information content (AvgIpc) is 2.78. The lowest BCUT2D eigenvalue weighted by Crippen LogP contribution is -2.25. The number of amides is 1. The van der Waals surface area contributed by atoms with Crippen molar-refractivity contribution in [1.29, 1.82) is 0 Å². The molecule has 5 heteroatoms. The van der Waals surface area contributed by atoms with Crippen LogP contribution in [-0.4, -0.2) is 28.5 Å². The first-order chi connectivity index (χ1) is 8.66. The summed E-state index contributed by atoms with van der Waals surface area (Å²) in [4.78, 5) is 25.1. The van der Waals surface area contributed by atoms with Crippen molar-refractivity contribution in [3.63, 3.8) is 0 Å². The monoisotopic (exact) mass is 246 g/mol. The molecule has 0 atom stereocenters. The van der Waals surface area contributed by atoms with Crippen LogP contribution in [0.15, 0.2) is 30.3 Å². The molecular weight excluding hydrogens is 232 g/mol. The number of fused-ring (bicyclic) bond motifs is 1. The maximum Gasteiger partial charge on any atom is 0.303 e. The predicted octanol–water partition coefficient (Wildman–Crippen LogP) is 1.76. The van der Waals surface area contributed by atoms with Crippen LogP contribution in [0.25, 0.3) is 10.9 Å². The van der Waals surface area contributed by atoms with Gasteiger partial charge in [-0.05, 0) is 18.6 Å². The van der Waals surface area contributed by atoms with E-state index in [1.165, 1.54) is 0 Å². The molecule has 1 amide bonds. The topological polar surface area (TPSA) is 82.2 Å². The number of aromatic amines is 1. The summed E-state index contributed by atoms with van der Waals surface area (Å²) in [5.74, 6) is -1.06. The first-order valence-corrected chi connectivity index (χ1v) is 5.74. The van der Waals surface area contributed by atoms with Crippen LogP contribution in [0.1, 0.15) is 23.3 Å². The predicted molar refractivity (Wildman–Crippen MR) is 67.5 cm³/mol. The number of carboxylic acids is 1. The molecular formula is C13H14N2O3. The Morgan fingerprint density at radius 3 is 2.78 bits per heavy atom. The van der Waals surface area contributed by atoms with E-state index in [-0.39, 0.29) is 12.3 Å². The molecule has 5 nitrogen and oxygen atoms in total. The highest BCUT2D eigenvalue weighted by molar-refractivity contribution is 5.97. The Kier molecular flexibility index (Phi) is 3.62. The SMILES string of the molecule is O=C(O)CCCNC(=O)c1cc2ccccc2[nH]1. The fourth-order valence-corrected chi connectivity index (χ4v) is 1.73. The molecule has 0 bridgehead atoms. The molecule has 0 aliphatic carbocycles. The normalized spacial score (nSPS) is 10.4. The van der Waals surface area contributed by atoms with Crippen LogP contribution in [0.4, 0.5) is 0 Å². The molecule has 0 fully saturated rings. The van der Waals surface area contributed by atoms with Gasteiger partial charge in [0, 0.05) is 23.9 Å². The maximum atomic E-state index is 11.8. The molecule has 1 aromatic heterocycles. The van der Waals surface area contributed by atoms with Gasteiger partial charge in [-0.2, -0.15) is 0 Å². The van der Waals surface area contributed by atoms with Gasteiger partial charge in [0.25, 0.3) is 5.91 Å². The summed E-state index contributed by atoms with van der Waals surface area (Å²) >= 11 is 0. The molecule has 0 spiro atoms. The number of carbonyl (C=O) groups is 2. The van der Waals surface area contributed by atoms with E-state index >= 15 is 0 Å². The van der Waals surface area contributed by atoms with E-state index in [0.717, 1.165) is 10.9 Å². The zero-order valence-electron chi connectivity index (χ0n) is 9.77. The zero-order valence-corrected chi connectivity index (χ0v) is 9.77. The molecule has 1 heterocycles. The summed E-state index contributed by atoms with van der Waals surface area (Å²) in [6.07, 6.45) is 0.494. The molecule has 0 radical (unpaired) electrons. The number of aromatic nitrogens is 1. The van der Waals surface area contributed by atoms with Crippen molar-refractivity contribution in [2.45, 2.75) is 12.8 Å². The number of para-hydroxylation sites is 1. The molecule has 0 aliphatic heterocycles. The van der Waals surface area contributed by atoms with E-state index in [9.17, 15) is 9.59 Å². The Bertz CT molecular complexity index is 541.